The van der Waals surface area contributed by atoms with E-state index in [0.717, 1.165) is 10.6 Å². The fraction of sp³-hybridized carbons (Fsp3) is 0.211. The summed E-state index contributed by atoms with van der Waals surface area (Å²) >= 11 is 1.64. The molecule has 0 N–H and O–H groups in total. The number of nitrogens with zero attached hydrogens (tertiary/aromatic N) is 3. The van der Waals surface area contributed by atoms with Crippen molar-refractivity contribution in [2.75, 3.05) is 17.7 Å². The van der Waals surface area contributed by atoms with Gasteiger partial charge in [0, 0.05) is 35.0 Å². The van der Waals surface area contributed by atoms with Gasteiger partial charge in [-0.25, -0.2) is 4.39 Å². The third-order valence-electron chi connectivity index (χ3n) is 4.39. The number of rotatable bonds is 4. The molecule has 132 valence electrons. The third-order valence-corrected chi connectivity index (χ3v) is 5.11. The average Bonchev–Trinajstić information content (AvgIpc) is 3.29. The van der Waals surface area contributed by atoms with Gasteiger partial charge >= 0.3 is 0 Å². The molecule has 5 nitrogen and oxygen atoms in total. The fourth-order valence-corrected chi connectivity index (χ4v) is 3.47. The van der Waals surface area contributed by atoms with E-state index in [0.29, 0.717) is 30.2 Å². The van der Waals surface area contributed by atoms with E-state index in [4.69, 9.17) is 4.52 Å². The van der Waals surface area contributed by atoms with Crippen LogP contribution < -0.4 is 4.90 Å². The van der Waals surface area contributed by atoms with Gasteiger partial charge in [0.15, 0.2) is 5.82 Å². The van der Waals surface area contributed by atoms with E-state index >= 15 is 0 Å². The molecule has 26 heavy (non-hydrogen) atoms. The van der Waals surface area contributed by atoms with Crippen LogP contribution in [0.25, 0.3) is 11.5 Å². The van der Waals surface area contributed by atoms with Gasteiger partial charge in [-0.2, -0.15) is 4.98 Å². The smallest absolute Gasteiger partial charge is 0.257 e. The Morgan fingerprint density at radius 2 is 2.04 bits per heavy atom. The quantitative estimate of drug-likeness (QED) is 0.648. The van der Waals surface area contributed by atoms with Gasteiger partial charge in [0.2, 0.25) is 5.91 Å². The number of hydrogen-bond donors (Lipinski definition) is 0. The van der Waals surface area contributed by atoms with Gasteiger partial charge in [-0.3, -0.25) is 4.79 Å². The molecule has 2 aromatic carbocycles. The van der Waals surface area contributed by atoms with Crippen LogP contribution in [-0.2, 0) is 4.79 Å². The average molecular weight is 369 g/mol. The van der Waals surface area contributed by atoms with Gasteiger partial charge in [-0.05, 0) is 48.7 Å². The van der Waals surface area contributed by atoms with E-state index in [1.807, 2.05) is 30.5 Å². The molecule has 1 unspecified atom stereocenters. The van der Waals surface area contributed by atoms with E-state index in [-0.39, 0.29) is 17.6 Å². The van der Waals surface area contributed by atoms with Gasteiger partial charge < -0.3 is 9.42 Å². The highest BCUT2D eigenvalue weighted by atomic mass is 32.2. The summed E-state index contributed by atoms with van der Waals surface area (Å²) in [5.74, 6) is 0.425. The monoisotopic (exact) mass is 369 g/mol. The summed E-state index contributed by atoms with van der Waals surface area (Å²) in [5.41, 5.74) is 1.53. The van der Waals surface area contributed by atoms with Crippen molar-refractivity contribution in [2.45, 2.75) is 17.2 Å². The normalized spacial score (nSPS) is 17.1. The van der Waals surface area contributed by atoms with Gasteiger partial charge in [-0.1, -0.05) is 11.2 Å². The van der Waals surface area contributed by atoms with Crippen LogP contribution in [0.2, 0.25) is 0 Å². The van der Waals surface area contributed by atoms with Crippen molar-refractivity contribution in [3.05, 3.63) is 60.2 Å². The Labute approximate surface area is 154 Å². The summed E-state index contributed by atoms with van der Waals surface area (Å²) < 4.78 is 18.3. The Hall–Kier alpha value is -2.67. The molecule has 1 aliphatic heterocycles. The second-order valence-corrected chi connectivity index (χ2v) is 6.95. The molecule has 0 bridgehead atoms. The molecule has 4 rings (SSSR count). The lowest BCUT2D eigenvalue weighted by molar-refractivity contribution is -0.117. The van der Waals surface area contributed by atoms with Crippen LogP contribution in [0.3, 0.4) is 0 Å². The van der Waals surface area contributed by atoms with Gasteiger partial charge in [0.25, 0.3) is 5.89 Å². The molecule has 0 spiro atoms. The zero-order valence-corrected chi connectivity index (χ0v) is 14.9. The first-order chi connectivity index (χ1) is 12.6. The minimum Gasteiger partial charge on any atom is -0.334 e. The molecular weight excluding hydrogens is 353 g/mol. The number of halogens is 1. The first-order valence-electron chi connectivity index (χ1n) is 8.18. The van der Waals surface area contributed by atoms with Gasteiger partial charge in [-0.15, -0.1) is 11.8 Å². The summed E-state index contributed by atoms with van der Waals surface area (Å²) in [6.45, 7) is 0.513. The number of benzene rings is 2. The Morgan fingerprint density at radius 1 is 1.23 bits per heavy atom. The maximum atomic E-state index is 13.0. The van der Waals surface area contributed by atoms with Crippen LogP contribution in [0.4, 0.5) is 10.1 Å². The lowest BCUT2D eigenvalue weighted by Crippen LogP contribution is -2.24. The topological polar surface area (TPSA) is 59.2 Å². The van der Waals surface area contributed by atoms with Crippen molar-refractivity contribution in [1.29, 1.82) is 0 Å². The van der Waals surface area contributed by atoms with E-state index in [9.17, 15) is 9.18 Å². The van der Waals surface area contributed by atoms with Crippen molar-refractivity contribution in [1.82, 2.24) is 10.1 Å². The first-order valence-corrected chi connectivity index (χ1v) is 9.40. The number of anilines is 1. The molecule has 2 heterocycles. The highest BCUT2D eigenvalue weighted by molar-refractivity contribution is 7.98. The van der Waals surface area contributed by atoms with Crippen LogP contribution in [0.1, 0.15) is 18.2 Å². The van der Waals surface area contributed by atoms with Crippen molar-refractivity contribution in [3.63, 3.8) is 0 Å². The number of carbonyl (C=O) groups excluding carboxylic acids is 1. The highest BCUT2D eigenvalue weighted by Crippen LogP contribution is 2.32. The second kappa shape index (κ2) is 6.92. The number of amides is 1. The second-order valence-electron chi connectivity index (χ2n) is 6.07. The molecule has 0 aliphatic carbocycles. The lowest BCUT2D eigenvalue weighted by Gasteiger charge is -2.16. The maximum absolute atomic E-state index is 13.0. The molecule has 1 aromatic heterocycles. The number of thioether (sulfide) groups is 1. The van der Waals surface area contributed by atoms with Crippen molar-refractivity contribution in [3.8, 4) is 11.5 Å². The minimum atomic E-state index is -0.321. The molecule has 1 atom stereocenters. The predicted octanol–water partition coefficient (Wildman–Crippen LogP) is 4.12. The molecule has 3 aromatic rings. The van der Waals surface area contributed by atoms with E-state index in [1.54, 1.807) is 28.8 Å². The molecule has 1 aliphatic rings. The zero-order valence-electron chi connectivity index (χ0n) is 14.1. The number of carbonyl (C=O) groups is 1. The number of aromatic nitrogens is 2. The maximum Gasteiger partial charge on any atom is 0.257 e. The van der Waals surface area contributed by atoms with Crippen LogP contribution >= 0.6 is 11.8 Å². The van der Waals surface area contributed by atoms with Gasteiger partial charge in [0.05, 0.1) is 0 Å². The molecule has 1 saturated heterocycles. The fourth-order valence-electron chi connectivity index (χ4n) is 3.02. The van der Waals surface area contributed by atoms with Crippen LogP contribution in [-0.4, -0.2) is 28.8 Å². The summed E-state index contributed by atoms with van der Waals surface area (Å²) in [4.78, 5) is 19.7. The molecule has 0 radical (unpaired) electrons. The van der Waals surface area contributed by atoms with E-state index < -0.39 is 0 Å². The molecule has 1 amide bonds. The van der Waals surface area contributed by atoms with Crippen molar-refractivity contribution >= 4 is 23.4 Å². The largest absolute Gasteiger partial charge is 0.334 e. The Balaban J connectivity index is 1.54. The Bertz CT molecular complexity index is 942. The van der Waals surface area contributed by atoms with Gasteiger partial charge in [0.1, 0.15) is 5.82 Å². The van der Waals surface area contributed by atoms with Crippen LogP contribution in [0.5, 0.6) is 0 Å². The number of hydrogen-bond acceptors (Lipinski definition) is 5. The lowest BCUT2D eigenvalue weighted by atomic mass is 10.1. The Morgan fingerprint density at radius 3 is 2.81 bits per heavy atom. The minimum absolute atomic E-state index is 0.0429. The molecule has 0 saturated carbocycles. The highest BCUT2D eigenvalue weighted by Gasteiger charge is 2.34. The van der Waals surface area contributed by atoms with E-state index in [2.05, 4.69) is 10.1 Å². The molecule has 1 fully saturated rings. The Kier molecular flexibility index (Phi) is 4.46. The molecule has 7 heteroatoms. The first kappa shape index (κ1) is 16.8. The summed E-state index contributed by atoms with van der Waals surface area (Å²) in [6.07, 6.45) is 2.34. The van der Waals surface area contributed by atoms with E-state index in [1.165, 1.54) is 12.1 Å². The predicted molar refractivity (Wildman–Crippen MR) is 97.6 cm³/mol. The SMILES string of the molecule is CSc1cccc(N2CC(c3noc(-c4ccc(F)cc4)n3)CC2=O)c1. The summed E-state index contributed by atoms with van der Waals surface area (Å²) in [7, 11) is 0. The van der Waals surface area contributed by atoms with Crippen molar-refractivity contribution in [2.24, 2.45) is 0 Å². The standard InChI is InChI=1S/C19H16FN3O2S/c1-26-16-4-2-3-15(10-16)23-11-13(9-17(23)24)18-21-19(25-22-18)12-5-7-14(20)8-6-12/h2-8,10,13H,9,11H2,1H3. The molecular formula is C19H16FN3O2S. The zero-order chi connectivity index (χ0) is 18.1. The van der Waals surface area contributed by atoms with Crippen LogP contribution in [0.15, 0.2) is 57.9 Å². The van der Waals surface area contributed by atoms with Crippen LogP contribution in [0, 0.1) is 5.82 Å². The van der Waals surface area contributed by atoms with Crippen molar-refractivity contribution < 1.29 is 13.7 Å². The third kappa shape index (κ3) is 3.22. The summed E-state index contributed by atoms with van der Waals surface area (Å²) in [5, 5.41) is 4.03. The summed E-state index contributed by atoms with van der Waals surface area (Å²) in [6, 6.07) is 13.8.